The Bertz CT molecular complexity index is 637. The second kappa shape index (κ2) is 6.38. The Morgan fingerprint density at radius 1 is 1.48 bits per heavy atom. The fourth-order valence-electron chi connectivity index (χ4n) is 2.21. The van der Waals surface area contributed by atoms with E-state index < -0.39 is 0 Å². The van der Waals surface area contributed by atoms with Crippen LogP contribution in [0.5, 0.6) is 5.75 Å². The van der Waals surface area contributed by atoms with Crippen molar-refractivity contribution in [2.24, 2.45) is 0 Å². The van der Waals surface area contributed by atoms with E-state index >= 15 is 0 Å². The van der Waals surface area contributed by atoms with Crippen LogP contribution in [0.25, 0.3) is 10.2 Å². The zero-order valence-corrected chi connectivity index (χ0v) is 12.6. The van der Waals surface area contributed by atoms with Crippen molar-refractivity contribution in [1.82, 2.24) is 9.88 Å². The number of nitrogens with zero attached hydrogens (tertiary/aromatic N) is 2. The van der Waals surface area contributed by atoms with Crippen molar-refractivity contribution >= 4 is 32.6 Å². The third-order valence-corrected chi connectivity index (χ3v) is 4.25. The number of rotatable bonds is 4. The molecule has 0 radical (unpaired) electrons. The third kappa shape index (κ3) is 3.49. The first-order valence-corrected chi connectivity index (χ1v) is 7.61. The van der Waals surface area contributed by atoms with E-state index in [0.717, 1.165) is 29.1 Å². The largest absolute Gasteiger partial charge is 0.497 e. The van der Waals surface area contributed by atoms with Crippen LogP contribution in [-0.2, 0) is 9.53 Å². The molecule has 1 aliphatic rings. The number of amides is 1. The number of aromatic nitrogens is 1. The number of carbonyl (C=O) groups is 1. The van der Waals surface area contributed by atoms with Gasteiger partial charge in [0, 0.05) is 13.1 Å². The van der Waals surface area contributed by atoms with Crippen LogP contribution in [0.4, 0.5) is 5.13 Å². The fraction of sp³-hybridized carbons (Fsp3) is 0.429. The molecule has 7 heteroatoms. The standard InChI is InChI=1S/C14H17N3O3S/c1-19-10-2-3-11-12(8-10)21-14(15-11)16-13(18)9-17-4-6-20-7-5-17/h2-3,8H,4-7,9H2,1H3,(H,15,16,18). The fourth-order valence-corrected chi connectivity index (χ4v) is 3.12. The summed E-state index contributed by atoms with van der Waals surface area (Å²) < 4.78 is 11.4. The number of nitrogens with one attached hydrogen (secondary N) is 1. The number of methoxy groups -OCH3 is 1. The number of thiazole rings is 1. The van der Waals surface area contributed by atoms with Crippen LogP contribution in [0.3, 0.4) is 0 Å². The lowest BCUT2D eigenvalue weighted by atomic mass is 10.3. The lowest BCUT2D eigenvalue weighted by molar-refractivity contribution is -0.118. The monoisotopic (exact) mass is 307 g/mol. The molecular formula is C14H17N3O3S. The highest BCUT2D eigenvalue weighted by Gasteiger charge is 2.15. The molecule has 0 bridgehead atoms. The quantitative estimate of drug-likeness (QED) is 0.929. The van der Waals surface area contributed by atoms with Gasteiger partial charge in [-0.05, 0) is 18.2 Å². The Balaban J connectivity index is 1.65. The van der Waals surface area contributed by atoms with E-state index in [1.165, 1.54) is 11.3 Å². The van der Waals surface area contributed by atoms with E-state index in [1.807, 2.05) is 18.2 Å². The van der Waals surface area contributed by atoms with Gasteiger partial charge in [-0.25, -0.2) is 4.98 Å². The Kier molecular flexibility index (Phi) is 4.33. The van der Waals surface area contributed by atoms with Crippen molar-refractivity contribution in [3.05, 3.63) is 18.2 Å². The van der Waals surface area contributed by atoms with Gasteiger partial charge in [0.1, 0.15) is 5.75 Å². The third-order valence-electron chi connectivity index (χ3n) is 3.31. The number of hydrogen-bond donors (Lipinski definition) is 1. The molecule has 2 aromatic rings. The Labute approximate surface area is 126 Å². The molecule has 1 saturated heterocycles. The Morgan fingerprint density at radius 2 is 2.29 bits per heavy atom. The first-order valence-electron chi connectivity index (χ1n) is 6.79. The van der Waals surface area contributed by atoms with Crippen molar-refractivity contribution in [3.63, 3.8) is 0 Å². The lowest BCUT2D eigenvalue weighted by Gasteiger charge is -2.25. The van der Waals surface area contributed by atoms with Gasteiger partial charge in [-0.15, -0.1) is 0 Å². The lowest BCUT2D eigenvalue weighted by Crippen LogP contribution is -2.41. The average molecular weight is 307 g/mol. The van der Waals surface area contributed by atoms with Crippen molar-refractivity contribution in [2.45, 2.75) is 0 Å². The van der Waals surface area contributed by atoms with Crippen LogP contribution in [0.2, 0.25) is 0 Å². The summed E-state index contributed by atoms with van der Waals surface area (Å²) in [4.78, 5) is 18.5. The second-order valence-electron chi connectivity index (χ2n) is 4.79. The molecule has 0 unspecified atom stereocenters. The summed E-state index contributed by atoms with van der Waals surface area (Å²) in [5, 5.41) is 3.48. The van der Waals surface area contributed by atoms with Crippen LogP contribution in [0.15, 0.2) is 18.2 Å². The molecule has 1 fully saturated rings. The maximum Gasteiger partial charge on any atom is 0.240 e. The second-order valence-corrected chi connectivity index (χ2v) is 5.82. The smallest absolute Gasteiger partial charge is 0.240 e. The molecule has 1 aromatic heterocycles. The SMILES string of the molecule is COc1ccc2nc(NC(=O)CN3CCOCC3)sc2c1. The summed E-state index contributed by atoms with van der Waals surface area (Å²) in [6.07, 6.45) is 0. The normalized spacial score (nSPS) is 16.0. The Hall–Kier alpha value is -1.70. The summed E-state index contributed by atoms with van der Waals surface area (Å²) in [6.45, 7) is 3.35. The first-order chi connectivity index (χ1) is 10.2. The van der Waals surface area contributed by atoms with Gasteiger partial charge in [0.15, 0.2) is 5.13 Å². The maximum absolute atomic E-state index is 12.0. The highest BCUT2D eigenvalue weighted by molar-refractivity contribution is 7.22. The van der Waals surface area contributed by atoms with Crippen molar-refractivity contribution in [1.29, 1.82) is 0 Å². The molecule has 1 aromatic carbocycles. The number of fused-ring (bicyclic) bond motifs is 1. The summed E-state index contributed by atoms with van der Waals surface area (Å²) in [6, 6.07) is 5.67. The van der Waals surface area contributed by atoms with E-state index in [1.54, 1.807) is 7.11 Å². The van der Waals surface area contributed by atoms with E-state index in [0.29, 0.717) is 24.9 Å². The van der Waals surface area contributed by atoms with Crippen LogP contribution in [0, 0.1) is 0 Å². The predicted octanol–water partition coefficient (Wildman–Crippen LogP) is 1.58. The number of benzene rings is 1. The zero-order valence-electron chi connectivity index (χ0n) is 11.8. The molecule has 0 aliphatic carbocycles. The summed E-state index contributed by atoms with van der Waals surface area (Å²) in [5.41, 5.74) is 0.863. The molecule has 1 amide bonds. The number of ether oxygens (including phenoxy) is 2. The maximum atomic E-state index is 12.0. The van der Waals surface area contributed by atoms with E-state index in [9.17, 15) is 4.79 Å². The van der Waals surface area contributed by atoms with Crippen LogP contribution < -0.4 is 10.1 Å². The van der Waals surface area contributed by atoms with Gasteiger partial charge in [-0.2, -0.15) is 0 Å². The summed E-state index contributed by atoms with van der Waals surface area (Å²) in [7, 11) is 1.63. The highest BCUT2D eigenvalue weighted by Crippen LogP contribution is 2.29. The van der Waals surface area contributed by atoms with Gasteiger partial charge < -0.3 is 14.8 Å². The molecule has 0 spiro atoms. The number of morpholine rings is 1. The molecule has 21 heavy (non-hydrogen) atoms. The average Bonchev–Trinajstić information content (AvgIpc) is 2.89. The summed E-state index contributed by atoms with van der Waals surface area (Å²) >= 11 is 1.45. The van der Waals surface area contributed by atoms with Crippen LogP contribution >= 0.6 is 11.3 Å². The molecular weight excluding hydrogens is 290 g/mol. The number of hydrogen-bond acceptors (Lipinski definition) is 6. The van der Waals surface area contributed by atoms with Crippen LogP contribution in [0.1, 0.15) is 0 Å². The van der Waals surface area contributed by atoms with Gasteiger partial charge in [0.25, 0.3) is 0 Å². The minimum atomic E-state index is -0.0390. The topological polar surface area (TPSA) is 63.7 Å². The predicted molar refractivity (Wildman–Crippen MR) is 82.1 cm³/mol. The van der Waals surface area contributed by atoms with E-state index in [-0.39, 0.29) is 5.91 Å². The molecule has 0 atom stereocenters. The zero-order chi connectivity index (χ0) is 14.7. The van der Waals surface area contributed by atoms with Crippen molar-refractivity contribution in [3.8, 4) is 5.75 Å². The van der Waals surface area contributed by atoms with Gasteiger partial charge in [-0.1, -0.05) is 11.3 Å². The molecule has 1 N–H and O–H groups in total. The highest BCUT2D eigenvalue weighted by atomic mass is 32.1. The minimum Gasteiger partial charge on any atom is -0.497 e. The minimum absolute atomic E-state index is 0.0390. The van der Waals surface area contributed by atoms with Gasteiger partial charge in [0.2, 0.25) is 5.91 Å². The van der Waals surface area contributed by atoms with Crippen molar-refractivity contribution < 1.29 is 14.3 Å². The van der Waals surface area contributed by atoms with Crippen LogP contribution in [-0.4, -0.2) is 55.7 Å². The number of anilines is 1. The molecule has 3 rings (SSSR count). The van der Waals surface area contributed by atoms with Crippen molar-refractivity contribution in [2.75, 3.05) is 45.3 Å². The van der Waals surface area contributed by atoms with E-state index in [4.69, 9.17) is 9.47 Å². The number of carbonyl (C=O) groups excluding carboxylic acids is 1. The molecule has 6 nitrogen and oxygen atoms in total. The van der Waals surface area contributed by atoms with Gasteiger partial charge in [0.05, 0.1) is 37.1 Å². The Morgan fingerprint density at radius 3 is 3.05 bits per heavy atom. The summed E-state index contributed by atoms with van der Waals surface area (Å²) in [5.74, 6) is 0.750. The van der Waals surface area contributed by atoms with Gasteiger partial charge >= 0.3 is 0 Å². The molecule has 1 aliphatic heterocycles. The molecule has 0 saturated carbocycles. The molecule has 112 valence electrons. The van der Waals surface area contributed by atoms with Gasteiger partial charge in [-0.3, -0.25) is 9.69 Å². The first kappa shape index (κ1) is 14.2. The molecule has 2 heterocycles. The van der Waals surface area contributed by atoms with E-state index in [2.05, 4.69) is 15.2 Å².